The molecule has 0 unspecified atom stereocenters. The summed E-state index contributed by atoms with van der Waals surface area (Å²) in [6.45, 7) is 7.87. The minimum Gasteiger partial charge on any atom is -0.237 e. The highest BCUT2D eigenvalue weighted by molar-refractivity contribution is 5.55. The molecule has 0 saturated carbocycles. The number of allylic oxidation sites excluding steroid dienone is 1. The Bertz CT molecular complexity index is 249. The van der Waals surface area contributed by atoms with Gasteiger partial charge in [0.2, 0.25) is 0 Å². The van der Waals surface area contributed by atoms with Crippen LogP contribution in [0.4, 0.5) is 0 Å². The first-order valence-electron chi connectivity index (χ1n) is 3.71. The Morgan fingerprint density at radius 1 is 1.45 bits per heavy atom. The standard InChI is InChI=1S/C9H12N2/c1-4-8(3)9-10-5-7(2)6-11-9/h5-6H,3-4H2,1-2H3. The summed E-state index contributed by atoms with van der Waals surface area (Å²) in [7, 11) is 0. The number of aryl methyl sites for hydroxylation is 1. The summed E-state index contributed by atoms with van der Waals surface area (Å²) in [5.74, 6) is 0.762. The van der Waals surface area contributed by atoms with Crippen LogP contribution in [-0.4, -0.2) is 9.97 Å². The third kappa shape index (κ3) is 1.87. The average Bonchev–Trinajstić information content (AvgIpc) is 2.05. The zero-order valence-corrected chi connectivity index (χ0v) is 6.96. The summed E-state index contributed by atoms with van der Waals surface area (Å²) in [4.78, 5) is 8.28. The molecule has 0 aromatic carbocycles. The van der Waals surface area contributed by atoms with E-state index in [-0.39, 0.29) is 0 Å². The maximum atomic E-state index is 4.14. The number of aromatic nitrogens is 2. The van der Waals surface area contributed by atoms with Crippen molar-refractivity contribution < 1.29 is 0 Å². The van der Waals surface area contributed by atoms with Crippen LogP contribution in [-0.2, 0) is 0 Å². The molecular weight excluding hydrogens is 136 g/mol. The summed E-state index contributed by atoms with van der Waals surface area (Å²) in [5, 5.41) is 0. The van der Waals surface area contributed by atoms with Crippen molar-refractivity contribution in [3.63, 3.8) is 0 Å². The van der Waals surface area contributed by atoms with E-state index in [1.54, 1.807) is 0 Å². The van der Waals surface area contributed by atoms with Crippen molar-refractivity contribution in [2.45, 2.75) is 20.3 Å². The predicted octanol–water partition coefficient (Wildman–Crippen LogP) is 2.21. The quantitative estimate of drug-likeness (QED) is 0.642. The van der Waals surface area contributed by atoms with Crippen molar-refractivity contribution in [1.29, 1.82) is 0 Å². The van der Waals surface area contributed by atoms with E-state index in [1.807, 2.05) is 26.2 Å². The van der Waals surface area contributed by atoms with Crippen molar-refractivity contribution >= 4 is 5.57 Å². The smallest absolute Gasteiger partial charge is 0.154 e. The van der Waals surface area contributed by atoms with Crippen molar-refractivity contribution in [1.82, 2.24) is 9.97 Å². The number of hydrogen-bond donors (Lipinski definition) is 0. The maximum Gasteiger partial charge on any atom is 0.154 e. The fourth-order valence-electron chi connectivity index (χ4n) is 0.733. The SMILES string of the molecule is C=C(CC)c1ncc(C)cn1. The minimum atomic E-state index is 0.762. The van der Waals surface area contributed by atoms with Gasteiger partial charge in [0.1, 0.15) is 0 Å². The molecule has 1 aromatic rings. The molecule has 0 fully saturated rings. The van der Waals surface area contributed by atoms with E-state index in [0.29, 0.717) is 0 Å². The molecule has 1 aromatic heterocycles. The van der Waals surface area contributed by atoms with Gasteiger partial charge >= 0.3 is 0 Å². The first kappa shape index (κ1) is 7.92. The Kier molecular flexibility index (Phi) is 2.36. The molecule has 0 aliphatic rings. The molecule has 0 atom stereocenters. The molecule has 0 saturated heterocycles. The van der Waals surface area contributed by atoms with Crippen LogP contribution >= 0.6 is 0 Å². The molecule has 0 amide bonds. The third-order valence-corrected chi connectivity index (χ3v) is 1.52. The highest BCUT2D eigenvalue weighted by Crippen LogP contribution is 2.09. The van der Waals surface area contributed by atoms with E-state index in [0.717, 1.165) is 23.4 Å². The van der Waals surface area contributed by atoms with E-state index in [2.05, 4.69) is 16.5 Å². The summed E-state index contributed by atoms with van der Waals surface area (Å²) in [5.41, 5.74) is 2.07. The van der Waals surface area contributed by atoms with Crippen LogP contribution in [0.25, 0.3) is 5.57 Å². The van der Waals surface area contributed by atoms with Crippen LogP contribution in [0.3, 0.4) is 0 Å². The molecule has 2 nitrogen and oxygen atoms in total. The highest BCUT2D eigenvalue weighted by Gasteiger charge is 1.97. The van der Waals surface area contributed by atoms with Gasteiger partial charge in [0.15, 0.2) is 5.82 Å². The number of rotatable bonds is 2. The summed E-state index contributed by atoms with van der Waals surface area (Å²) >= 11 is 0. The molecule has 1 heterocycles. The van der Waals surface area contributed by atoms with Gasteiger partial charge in [-0.15, -0.1) is 0 Å². The molecule has 1 rings (SSSR count). The van der Waals surface area contributed by atoms with Crippen LogP contribution in [0.1, 0.15) is 24.7 Å². The lowest BCUT2D eigenvalue weighted by Crippen LogP contribution is -1.91. The number of nitrogens with zero attached hydrogens (tertiary/aromatic N) is 2. The Hall–Kier alpha value is -1.18. The summed E-state index contributed by atoms with van der Waals surface area (Å²) in [6.07, 6.45) is 4.52. The van der Waals surface area contributed by atoms with Gasteiger partial charge in [-0.25, -0.2) is 9.97 Å². The lowest BCUT2D eigenvalue weighted by atomic mass is 10.2. The minimum absolute atomic E-state index is 0.762. The Morgan fingerprint density at radius 3 is 2.45 bits per heavy atom. The van der Waals surface area contributed by atoms with Gasteiger partial charge in [0, 0.05) is 12.4 Å². The Labute approximate surface area is 67.0 Å². The summed E-state index contributed by atoms with van der Waals surface area (Å²) < 4.78 is 0. The topological polar surface area (TPSA) is 25.8 Å². The third-order valence-electron chi connectivity index (χ3n) is 1.52. The van der Waals surface area contributed by atoms with E-state index in [9.17, 15) is 0 Å². The van der Waals surface area contributed by atoms with Crippen molar-refractivity contribution in [2.24, 2.45) is 0 Å². The molecule has 0 aliphatic heterocycles. The molecular formula is C9H12N2. The molecule has 0 radical (unpaired) electrons. The molecule has 2 heteroatoms. The molecule has 58 valence electrons. The normalized spacial score (nSPS) is 9.64. The Morgan fingerprint density at radius 2 is 2.00 bits per heavy atom. The van der Waals surface area contributed by atoms with E-state index in [1.165, 1.54) is 0 Å². The van der Waals surface area contributed by atoms with E-state index >= 15 is 0 Å². The van der Waals surface area contributed by atoms with E-state index < -0.39 is 0 Å². The lowest BCUT2D eigenvalue weighted by molar-refractivity contribution is 1.06. The van der Waals surface area contributed by atoms with Crippen molar-refractivity contribution in [3.8, 4) is 0 Å². The van der Waals surface area contributed by atoms with Crippen LogP contribution in [0, 0.1) is 6.92 Å². The van der Waals surface area contributed by atoms with Gasteiger partial charge in [0.05, 0.1) is 0 Å². The second kappa shape index (κ2) is 3.28. The molecule has 11 heavy (non-hydrogen) atoms. The first-order valence-corrected chi connectivity index (χ1v) is 3.71. The molecule has 0 N–H and O–H groups in total. The van der Waals surface area contributed by atoms with Crippen LogP contribution in [0.15, 0.2) is 19.0 Å². The van der Waals surface area contributed by atoms with Crippen LogP contribution in [0.2, 0.25) is 0 Å². The van der Waals surface area contributed by atoms with Gasteiger partial charge in [-0.1, -0.05) is 13.5 Å². The second-order valence-electron chi connectivity index (χ2n) is 2.54. The van der Waals surface area contributed by atoms with Crippen LogP contribution < -0.4 is 0 Å². The lowest BCUT2D eigenvalue weighted by Gasteiger charge is -1.99. The Balaban J connectivity index is 2.90. The van der Waals surface area contributed by atoms with Gasteiger partial charge in [-0.05, 0) is 24.5 Å². The van der Waals surface area contributed by atoms with Gasteiger partial charge in [0.25, 0.3) is 0 Å². The molecule has 0 aliphatic carbocycles. The van der Waals surface area contributed by atoms with E-state index in [4.69, 9.17) is 0 Å². The highest BCUT2D eigenvalue weighted by atomic mass is 14.9. The van der Waals surface area contributed by atoms with Gasteiger partial charge in [-0.3, -0.25) is 0 Å². The monoisotopic (exact) mass is 148 g/mol. The first-order chi connectivity index (χ1) is 5.24. The molecule has 0 bridgehead atoms. The zero-order valence-electron chi connectivity index (χ0n) is 6.96. The van der Waals surface area contributed by atoms with Gasteiger partial charge < -0.3 is 0 Å². The van der Waals surface area contributed by atoms with Crippen molar-refractivity contribution in [3.05, 3.63) is 30.4 Å². The summed E-state index contributed by atoms with van der Waals surface area (Å²) in [6, 6.07) is 0. The predicted molar refractivity (Wildman–Crippen MR) is 46.1 cm³/mol. The fraction of sp³-hybridized carbons (Fsp3) is 0.333. The fourth-order valence-corrected chi connectivity index (χ4v) is 0.733. The molecule has 0 spiro atoms. The zero-order chi connectivity index (χ0) is 8.27. The second-order valence-corrected chi connectivity index (χ2v) is 2.54. The van der Waals surface area contributed by atoms with Crippen LogP contribution in [0.5, 0.6) is 0 Å². The number of hydrogen-bond acceptors (Lipinski definition) is 2. The average molecular weight is 148 g/mol. The maximum absolute atomic E-state index is 4.14. The van der Waals surface area contributed by atoms with Gasteiger partial charge in [-0.2, -0.15) is 0 Å². The van der Waals surface area contributed by atoms with Crippen molar-refractivity contribution in [2.75, 3.05) is 0 Å². The largest absolute Gasteiger partial charge is 0.237 e.